The third kappa shape index (κ3) is 3.93. The van der Waals surface area contributed by atoms with E-state index in [-0.39, 0.29) is 34.5 Å². The molecule has 2 aliphatic rings. The maximum atomic E-state index is 13.3. The van der Waals surface area contributed by atoms with E-state index in [4.69, 9.17) is 5.73 Å². The topological polar surface area (TPSA) is 68.0 Å². The number of hydrogen-bond donors (Lipinski definition) is 2. The van der Waals surface area contributed by atoms with E-state index in [0.29, 0.717) is 11.8 Å². The van der Waals surface area contributed by atoms with Crippen LogP contribution in [0, 0.1) is 23.7 Å². The van der Waals surface area contributed by atoms with E-state index in [1.165, 1.54) is 31.7 Å². The molecule has 3 N–H and O–H groups in total. The number of rotatable bonds is 5. The summed E-state index contributed by atoms with van der Waals surface area (Å²) in [5, 5.41) is 2.62. The standard InChI is InChI=1S/C14H17BrFN3O.ClH/c15-9-5-6-10(18-13(9)16)19-14(20)12(17)11(7-1-2-7)8-3-4-8;/h5-8,11-12H,1-4,17H2,(H,18,19,20);1H/t12-;/m0./s1. The molecule has 7 heteroatoms. The first-order valence-corrected chi connectivity index (χ1v) is 7.74. The summed E-state index contributed by atoms with van der Waals surface area (Å²) >= 11 is 3.03. The zero-order chi connectivity index (χ0) is 14.3. The molecule has 1 amide bonds. The number of anilines is 1. The zero-order valence-corrected chi connectivity index (χ0v) is 13.8. The molecule has 2 saturated carbocycles. The summed E-state index contributed by atoms with van der Waals surface area (Å²) < 4.78 is 13.6. The summed E-state index contributed by atoms with van der Waals surface area (Å²) in [4.78, 5) is 15.9. The molecule has 0 spiro atoms. The Bertz CT molecular complexity index is 525. The van der Waals surface area contributed by atoms with E-state index in [1.807, 2.05) is 0 Å². The van der Waals surface area contributed by atoms with Crippen molar-refractivity contribution in [2.45, 2.75) is 31.7 Å². The van der Waals surface area contributed by atoms with Crippen LogP contribution in [-0.4, -0.2) is 16.9 Å². The van der Waals surface area contributed by atoms with E-state index in [2.05, 4.69) is 26.2 Å². The van der Waals surface area contributed by atoms with Crippen LogP contribution >= 0.6 is 28.3 Å². The zero-order valence-electron chi connectivity index (χ0n) is 11.4. The summed E-state index contributed by atoms with van der Waals surface area (Å²) in [6, 6.07) is 2.55. The molecule has 0 aromatic carbocycles. The van der Waals surface area contributed by atoms with Crippen molar-refractivity contribution in [2.75, 3.05) is 5.32 Å². The molecule has 0 aliphatic heterocycles. The molecule has 116 valence electrons. The van der Waals surface area contributed by atoms with Crippen molar-refractivity contribution in [3.63, 3.8) is 0 Å². The number of nitrogens with one attached hydrogen (secondary N) is 1. The van der Waals surface area contributed by atoms with Crippen LogP contribution in [0.4, 0.5) is 10.2 Å². The molecule has 2 aliphatic carbocycles. The number of carbonyl (C=O) groups is 1. The second-order valence-electron chi connectivity index (χ2n) is 5.74. The van der Waals surface area contributed by atoms with Gasteiger partial charge in [0.2, 0.25) is 11.9 Å². The van der Waals surface area contributed by atoms with Crippen LogP contribution in [0.3, 0.4) is 0 Å². The minimum Gasteiger partial charge on any atom is -0.320 e. The summed E-state index contributed by atoms with van der Waals surface area (Å²) in [5.74, 6) is 0.767. The molecule has 1 atom stereocenters. The number of pyridine rings is 1. The third-order valence-corrected chi connectivity index (χ3v) is 4.70. The van der Waals surface area contributed by atoms with Gasteiger partial charge >= 0.3 is 0 Å². The highest BCUT2D eigenvalue weighted by molar-refractivity contribution is 9.10. The van der Waals surface area contributed by atoms with E-state index in [0.717, 1.165) is 0 Å². The predicted octanol–water partition coefficient (Wildman–Crippen LogP) is 3.11. The van der Waals surface area contributed by atoms with Crippen molar-refractivity contribution >= 4 is 40.1 Å². The molecule has 1 aromatic rings. The average Bonchev–Trinajstić information content (AvgIpc) is 3.27. The van der Waals surface area contributed by atoms with E-state index >= 15 is 0 Å². The summed E-state index contributed by atoms with van der Waals surface area (Å²) in [5.41, 5.74) is 6.12. The largest absolute Gasteiger partial charge is 0.320 e. The first-order chi connectivity index (χ1) is 9.56. The second-order valence-corrected chi connectivity index (χ2v) is 6.59. The van der Waals surface area contributed by atoms with Crippen LogP contribution in [0.25, 0.3) is 0 Å². The van der Waals surface area contributed by atoms with Gasteiger partial charge in [0.05, 0.1) is 10.5 Å². The Kier molecular flexibility index (Phi) is 5.22. The van der Waals surface area contributed by atoms with Gasteiger partial charge in [-0.1, -0.05) is 0 Å². The van der Waals surface area contributed by atoms with Crippen molar-refractivity contribution < 1.29 is 9.18 Å². The summed E-state index contributed by atoms with van der Waals surface area (Å²) in [6.45, 7) is 0. The van der Waals surface area contributed by atoms with Gasteiger partial charge in [-0.05, 0) is 71.5 Å². The van der Waals surface area contributed by atoms with Gasteiger partial charge < -0.3 is 11.1 Å². The first kappa shape index (κ1) is 16.6. The number of nitrogens with zero attached hydrogens (tertiary/aromatic N) is 1. The van der Waals surface area contributed by atoms with Crippen LogP contribution in [-0.2, 0) is 4.79 Å². The molecular formula is C14H18BrClFN3O. The van der Waals surface area contributed by atoms with Crippen molar-refractivity contribution in [2.24, 2.45) is 23.5 Å². The van der Waals surface area contributed by atoms with E-state index < -0.39 is 12.0 Å². The molecule has 0 bridgehead atoms. The van der Waals surface area contributed by atoms with E-state index in [9.17, 15) is 9.18 Å². The van der Waals surface area contributed by atoms with Crippen molar-refractivity contribution in [3.8, 4) is 0 Å². The number of aromatic nitrogens is 1. The molecular weight excluding hydrogens is 361 g/mol. The monoisotopic (exact) mass is 377 g/mol. The summed E-state index contributed by atoms with van der Waals surface area (Å²) in [7, 11) is 0. The van der Waals surface area contributed by atoms with Gasteiger partial charge in [0.25, 0.3) is 0 Å². The predicted molar refractivity (Wildman–Crippen MR) is 84.7 cm³/mol. The Morgan fingerprint density at radius 1 is 1.33 bits per heavy atom. The molecule has 4 nitrogen and oxygen atoms in total. The highest BCUT2D eigenvalue weighted by Gasteiger charge is 2.46. The van der Waals surface area contributed by atoms with Crippen LogP contribution in [0.5, 0.6) is 0 Å². The number of carbonyl (C=O) groups excluding carboxylic acids is 1. The maximum absolute atomic E-state index is 13.3. The molecule has 3 rings (SSSR count). The SMILES string of the molecule is Cl.N[C@H](C(=O)Nc1ccc(Br)c(F)n1)C(C1CC1)C1CC1. The highest BCUT2D eigenvalue weighted by atomic mass is 79.9. The normalized spacial score (nSPS) is 19.0. The molecule has 0 unspecified atom stereocenters. The van der Waals surface area contributed by atoms with Gasteiger partial charge in [0, 0.05) is 0 Å². The first-order valence-electron chi connectivity index (χ1n) is 6.94. The molecule has 0 saturated heterocycles. The molecule has 2 fully saturated rings. The molecule has 1 heterocycles. The second kappa shape index (κ2) is 6.58. The van der Waals surface area contributed by atoms with Crippen LogP contribution in [0.15, 0.2) is 16.6 Å². The number of nitrogens with two attached hydrogens (primary N) is 1. The van der Waals surface area contributed by atoms with Gasteiger partial charge in [-0.25, -0.2) is 4.98 Å². The molecule has 21 heavy (non-hydrogen) atoms. The van der Waals surface area contributed by atoms with Gasteiger partial charge in [-0.15, -0.1) is 12.4 Å². The van der Waals surface area contributed by atoms with Gasteiger partial charge in [0.15, 0.2) is 0 Å². The summed E-state index contributed by atoms with van der Waals surface area (Å²) in [6.07, 6.45) is 4.70. The fourth-order valence-corrected chi connectivity index (χ4v) is 3.03. The smallest absolute Gasteiger partial charge is 0.242 e. The Hall–Kier alpha value is -0.720. The van der Waals surface area contributed by atoms with E-state index in [1.54, 1.807) is 6.07 Å². The Morgan fingerprint density at radius 2 is 1.90 bits per heavy atom. The lowest BCUT2D eigenvalue weighted by Crippen LogP contribution is -2.44. The number of halogens is 3. The Labute approximate surface area is 137 Å². The van der Waals surface area contributed by atoms with Crippen molar-refractivity contribution in [1.82, 2.24) is 4.98 Å². The lowest BCUT2D eigenvalue weighted by molar-refractivity contribution is -0.118. The average molecular weight is 379 g/mol. The van der Waals surface area contributed by atoms with Crippen molar-refractivity contribution in [3.05, 3.63) is 22.6 Å². The molecule has 1 aromatic heterocycles. The third-order valence-electron chi connectivity index (χ3n) is 4.10. The van der Waals surface area contributed by atoms with Crippen LogP contribution in [0.2, 0.25) is 0 Å². The number of amides is 1. The quantitative estimate of drug-likeness (QED) is 0.774. The van der Waals surface area contributed by atoms with Crippen molar-refractivity contribution in [1.29, 1.82) is 0 Å². The number of hydrogen-bond acceptors (Lipinski definition) is 3. The van der Waals surface area contributed by atoms with Gasteiger partial charge in [-0.3, -0.25) is 4.79 Å². The fraction of sp³-hybridized carbons (Fsp3) is 0.571. The van der Waals surface area contributed by atoms with Gasteiger partial charge in [-0.2, -0.15) is 4.39 Å². The van der Waals surface area contributed by atoms with Gasteiger partial charge in [0.1, 0.15) is 5.82 Å². The Balaban J connectivity index is 0.00000161. The van der Waals surface area contributed by atoms with Crippen LogP contribution in [0.1, 0.15) is 25.7 Å². The maximum Gasteiger partial charge on any atom is 0.242 e. The minimum atomic E-state index is -0.641. The lowest BCUT2D eigenvalue weighted by atomic mass is 9.89. The minimum absolute atomic E-state index is 0. The molecule has 0 radical (unpaired) electrons. The highest BCUT2D eigenvalue weighted by Crippen LogP contribution is 2.50. The fourth-order valence-electron chi connectivity index (χ4n) is 2.80. The van der Waals surface area contributed by atoms with Crippen LogP contribution < -0.4 is 11.1 Å². The lowest BCUT2D eigenvalue weighted by Gasteiger charge is -2.22. The Morgan fingerprint density at radius 3 is 2.38 bits per heavy atom.